The van der Waals surface area contributed by atoms with Crippen molar-refractivity contribution in [2.24, 2.45) is 0 Å². The van der Waals surface area contributed by atoms with Gasteiger partial charge in [0, 0.05) is 18.6 Å². The number of hydrogen-bond donors (Lipinski definition) is 0. The Morgan fingerprint density at radius 1 is 1.80 bits per heavy atom. The van der Waals surface area contributed by atoms with E-state index in [2.05, 4.69) is 33.9 Å². The Balaban J connectivity index is 0. The van der Waals surface area contributed by atoms with Gasteiger partial charge in [-0.25, -0.2) is 0 Å². The third-order valence-electron chi connectivity index (χ3n) is 0.154. The van der Waals surface area contributed by atoms with Gasteiger partial charge in [-0.3, -0.25) is 4.43 Å². The molecule has 0 spiro atoms. The van der Waals surface area contributed by atoms with E-state index in [4.69, 9.17) is 0 Å². The molecule has 0 aromatic carbocycles. The van der Waals surface area contributed by atoms with Crippen LogP contribution in [0, 0.1) is 4.43 Å². The van der Waals surface area contributed by atoms with Crippen LogP contribution >= 0.6 is 22.6 Å². The van der Waals surface area contributed by atoms with E-state index in [0.717, 1.165) is 0 Å². The second-order valence-electron chi connectivity index (χ2n) is 0.563. The molecular formula is C3H6IV-. The second kappa shape index (κ2) is 9.01. The first kappa shape index (κ1) is 9.58. The maximum atomic E-state index is 2.23. The summed E-state index contributed by atoms with van der Waals surface area (Å²) in [5.41, 5.74) is 0. The molecular weight excluding hydrogens is 214 g/mol. The van der Waals surface area contributed by atoms with Gasteiger partial charge in [0.15, 0.2) is 0 Å². The second-order valence-corrected chi connectivity index (χ2v) is 1.44. The Labute approximate surface area is 58.7 Å². The molecule has 0 nitrogen and oxygen atoms in total. The minimum Gasteiger partial charge on any atom is -0.316 e. The average molecular weight is 220 g/mol. The van der Waals surface area contributed by atoms with Gasteiger partial charge in [0.1, 0.15) is 0 Å². The summed E-state index contributed by atoms with van der Waals surface area (Å²) in [5.74, 6) is 0. The summed E-state index contributed by atoms with van der Waals surface area (Å²) in [7, 11) is 0. The van der Waals surface area contributed by atoms with E-state index in [1.165, 1.54) is 6.42 Å². The zero-order valence-electron chi connectivity index (χ0n) is 3.11. The summed E-state index contributed by atoms with van der Waals surface area (Å²) < 4.78 is 2.09. The van der Waals surface area contributed by atoms with Gasteiger partial charge in [-0.15, -0.1) is 0 Å². The van der Waals surface area contributed by atoms with Gasteiger partial charge < -0.3 is 22.6 Å². The standard InChI is InChI=1S/C3H6I.V/c1-2-3-4;/h3H,2H2,1H3;/q-1;. The molecule has 0 fully saturated rings. The van der Waals surface area contributed by atoms with E-state index in [-0.39, 0.29) is 18.6 Å². The molecule has 31 valence electrons. The molecule has 0 saturated carbocycles. The average Bonchev–Trinajstić information content (AvgIpc) is 1.37. The summed E-state index contributed by atoms with van der Waals surface area (Å²) in [6, 6.07) is 0. The molecule has 0 aliphatic carbocycles. The molecule has 0 unspecified atom stereocenters. The van der Waals surface area contributed by atoms with Crippen molar-refractivity contribution in [3.8, 4) is 0 Å². The summed E-state index contributed by atoms with van der Waals surface area (Å²) in [4.78, 5) is 0. The fourth-order valence-electron chi connectivity index (χ4n) is 0. The third kappa shape index (κ3) is 10.9. The minimum absolute atomic E-state index is 0. The molecule has 0 atom stereocenters. The van der Waals surface area contributed by atoms with Gasteiger partial charge in [0.05, 0.1) is 0 Å². The summed E-state index contributed by atoms with van der Waals surface area (Å²) in [6.07, 6.45) is 1.18. The molecule has 5 heavy (non-hydrogen) atoms. The van der Waals surface area contributed by atoms with Gasteiger partial charge in [-0.05, 0) is 0 Å². The Bertz CT molecular complexity index is 8.85. The quantitative estimate of drug-likeness (QED) is 0.468. The van der Waals surface area contributed by atoms with Crippen molar-refractivity contribution in [1.29, 1.82) is 0 Å². The monoisotopic (exact) mass is 220 g/mol. The van der Waals surface area contributed by atoms with Crippen LogP contribution in [0.15, 0.2) is 0 Å². The molecule has 0 amide bonds. The van der Waals surface area contributed by atoms with E-state index in [9.17, 15) is 0 Å². The van der Waals surface area contributed by atoms with Gasteiger partial charge in [0.2, 0.25) is 0 Å². The summed E-state index contributed by atoms with van der Waals surface area (Å²) in [5, 5.41) is 0. The van der Waals surface area contributed by atoms with Gasteiger partial charge in [-0.1, -0.05) is 6.92 Å². The molecule has 0 saturated heterocycles. The molecule has 0 rings (SSSR count). The topological polar surface area (TPSA) is 0 Å². The van der Waals surface area contributed by atoms with Gasteiger partial charge in [-0.2, -0.15) is 6.42 Å². The first-order valence-corrected chi connectivity index (χ1v) is 2.58. The first-order valence-electron chi connectivity index (χ1n) is 1.33. The molecule has 0 aliphatic rings. The van der Waals surface area contributed by atoms with Gasteiger partial charge in [0.25, 0.3) is 0 Å². The molecule has 0 aliphatic heterocycles. The van der Waals surface area contributed by atoms with Crippen LogP contribution in [0.25, 0.3) is 0 Å². The zero-order chi connectivity index (χ0) is 3.41. The molecule has 0 N–H and O–H groups in total. The van der Waals surface area contributed by atoms with Crippen molar-refractivity contribution < 1.29 is 18.6 Å². The van der Waals surface area contributed by atoms with Crippen molar-refractivity contribution >= 4 is 22.6 Å². The van der Waals surface area contributed by atoms with Crippen molar-refractivity contribution in [3.05, 3.63) is 4.43 Å². The van der Waals surface area contributed by atoms with Gasteiger partial charge >= 0.3 is 0 Å². The van der Waals surface area contributed by atoms with Crippen LogP contribution in [-0.4, -0.2) is 0 Å². The fraction of sp³-hybridized carbons (Fsp3) is 0.667. The molecule has 0 aromatic heterocycles. The van der Waals surface area contributed by atoms with E-state index in [1.807, 2.05) is 0 Å². The predicted octanol–water partition coefficient (Wildman–Crippen LogP) is 1.99. The van der Waals surface area contributed by atoms with E-state index >= 15 is 0 Å². The van der Waals surface area contributed by atoms with Crippen molar-refractivity contribution in [2.75, 3.05) is 0 Å². The van der Waals surface area contributed by atoms with Crippen molar-refractivity contribution in [1.82, 2.24) is 0 Å². The summed E-state index contributed by atoms with van der Waals surface area (Å²) in [6.45, 7) is 2.12. The normalized spacial score (nSPS) is 6.00. The van der Waals surface area contributed by atoms with Crippen LogP contribution < -0.4 is 0 Å². The van der Waals surface area contributed by atoms with Crippen LogP contribution in [0.1, 0.15) is 13.3 Å². The minimum atomic E-state index is 0. The zero-order valence-corrected chi connectivity index (χ0v) is 6.66. The fourth-order valence-corrected chi connectivity index (χ4v) is 0. The maximum Gasteiger partial charge on any atom is 0 e. The van der Waals surface area contributed by atoms with Crippen LogP contribution in [0.3, 0.4) is 0 Å². The predicted molar refractivity (Wildman–Crippen MR) is 28.6 cm³/mol. The number of halogens is 1. The molecule has 1 radical (unpaired) electrons. The van der Waals surface area contributed by atoms with Crippen LogP contribution in [0.5, 0.6) is 0 Å². The first-order chi connectivity index (χ1) is 1.91. The Hall–Kier alpha value is 1.31. The SMILES string of the molecule is CC[CH-]I.[V]. The number of rotatable bonds is 1. The van der Waals surface area contributed by atoms with Crippen LogP contribution in [-0.2, 0) is 18.6 Å². The van der Waals surface area contributed by atoms with Crippen molar-refractivity contribution in [3.63, 3.8) is 0 Å². The van der Waals surface area contributed by atoms with Crippen molar-refractivity contribution in [2.45, 2.75) is 13.3 Å². The molecule has 0 aromatic rings. The van der Waals surface area contributed by atoms with E-state index in [0.29, 0.717) is 0 Å². The Kier molecular flexibility index (Phi) is 17.3. The third-order valence-corrected chi connectivity index (χ3v) is 1.04. The van der Waals surface area contributed by atoms with Crippen LogP contribution in [0.4, 0.5) is 0 Å². The number of hydrogen-bond acceptors (Lipinski definition) is 0. The summed E-state index contributed by atoms with van der Waals surface area (Å²) >= 11 is 2.23. The Morgan fingerprint density at radius 3 is 2.00 bits per heavy atom. The molecule has 0 bridgehead atoms. The largest absolute Gasteiger partial charge is 0.316 e. The van der Waals surface area contributed by atoms with E-state index in [1.54, 1.807) is 0 Å². The Morgan fingerprint density at radius 2 is 2.00 bits per heavy atom. The van der Waals surface area contributed by atoms with E-state index < -0.39 is 0 Å². The maximum absolute atomic E-state index is 2.23. The molecule has 0 heterocycles. The molecule has 2 heteroatoms. The van der Waals surface area contributed by atoms with Crippen LogP contribution in [0.2, 0.25) is 0 Å². The smallest absolute Gasteiger partial charge is 0 e.